The van der Waals surface area contributed by atoms with Gasteiger partial charge in [0.2, 0.25) is 10.0 Å². The van der Waals surface area contributed by atoms with Gasteiger partial charge in [0.1, 0.15) is 0 Å². The van der Waals surface area contributed by atoms with E-state index >= 15 is 0 Å². The van der Waals surface area contributed by atoms with Gasteiger partial charge >= 0.3 is 5.97 Å². The summed E-state index contributed by atoms with van der Waals surface area (Å²) >= 11 is 0. The molecule has 0 fully saturated rings. The summed E-state index contributed by atoms with van der Waals surface area (Å²) < 4.78 is 25.1. The number of hydrogen-bond donors (Lipinski definition) is 1. The van der Waals surface area contributed by atoms with Crippen molar-refractivity contribution >= 4 is 27.6 Å². The van der Waals surface area contributed by atoms with Gasteiger partial charge < -0.3 is 10.0 Å². The summed E-state index contributed by atoms with van der Waals surface area (Å²) in [4.78, 5) is 24.8. The highest BCUT2D eigenvalue weighted by Gasteiger charge is 2.25. The molecule has 7 nitrogen and oxygen atoms in total. The summed E-state index contributed by atoms with van der Waals surface area (Å²) in [6.07, 6.45) is 2.57. The molecule has 1 aromatic carbocycles. The number of aliphatic carboxylic acids is 1. The summed E-state index contributed by atoms with van der Waals surface area (Å²) in [7, 11) is -1.78. The molecule has 0 saturated heterocycles. The van der Waals surface area contributed by atoms with Crippen LogP contribution in [-0.4, -0.2) is 56.7 Å². The lowest BCUT2D eigenvalue weighted by molar-refractivity contribution is -0.141. The molecule has 0 bridgehead atoms. The van der Waals surface area contributed by atoms with Crippen molar-refractivity contribution < 1.29 is 23.1 Å². The Morgan fingerprint density at radius 3 is 2.62 bits per heavy atom. The van der Waals surface area contributed by atoms with Crippen molar-refractivity contribution in [2.24, 2.45) is 5.92 Å². The quantitative estimate of drug-likeness (QED) is 0.857. The predicted molar refractivity (Wildman–Crippen MR) is 90.7 cm³/mol. The van der Waals surface area contributed by atoms with Crippen molar-refractivity contribution in [2.45, 2.75) is 19.8 Å². The summed E-state index contributed by atoms with van der Waals surface area (Å²) in [5.41, 5.74) is 1.86. The van der Waals surface area contributed by atoms with Crippen LogP contribution in [0.2, 0.25) is 0 Å². The number of nitrogens with zero attached hydrogens (tertiary/aromatic N) is 2. The fourth-order valence-electron chi connectivity index (χ4n) is 2.83. The number of anilines is 1. The van der Waals surface area contributed by atoms with Crippen molar-refractivity contribution in [2.75, 3.05) is 30.7 Å². The van der Waals surface area contributed by atoms with Crippen molar-refractivity contribution in [1.29, 1.82) is 0 Å². The monoisotopic (exact) mass is 354 g/mol. The Hall–Kier alpha value is -2.09. The highest BCUT2D eigenvalue weighted by atomic mass is 32.2. The van der Waals surface area contributed by atoms with E-state index in [1.807, 2.05) is 0 Å². The lowest BCUT2D eigenvalue weighted by Crippen LogP contribution is -2.35. The van der Waals surface area contributed by atoms with Crippen LogP contribution in [0.1, 0.15) is 29.3 Å². The first-order valence-corrected chi connectivity index (χ1v) is 9.55. The van der Waals surface area contributed by atoms with Crippen LogP contribution in [0.25, 0.3) is 0 Å². The number of aryl methyl sites for hydroxylation is 1. The number of sulfonamides is 1. The average Bonchev–Trinajstić information content (AvgIpc) is 2.51. The molecule has 132 valence electrons. The van der Waals surface area contributed by atoms with E-state index in [1.54, 1.807) is 32.2 Å². The van der Waals surface area contributed by atoms with Crippen LogP contribution in [0.5, 0.6) is 0 Å². The highest BCUT2D eigenvalue weighted by molar-refractivity contribution is 7.92. The van der Waals surface area contributed by atoms with Crippen LogP contribution in [0.4, 0.5) is 5.69 Å². The topological polar surface area (TPSA) is 95.0 Å². The van der Waals surface area contributed by atoms with E-state index in [4.69, 9.17) is 5.11 Å². The Labute approximate surface area is 141 Å². The number of carboxylic acids is 1. The SMILES string of the molecule is C[C@@H](CN(C)C(=O)c1ccc2c(c1)CCCN2S(C)(=O)=O)C(=O)O. The van der Waals surface area contributed by atoms with Crippen LogP contribution in [0, 0.1) is 5.92 Å². The van der Waals surface area contributed by atoms with Crippen molar-refractivity contribution in [3.8, 4) is 0 Å². The van der Waals surface area contributed by atoms with Crippen LogP contribution in [0.3, 0.4) is 0 Å². The molecule has 0 radical (unpaired) electrons. The third-order valence-electron chi connectivity index (χ3n) is 4.12. The Kier molecular flexibility index (Phi) is 5.17. The number of fused-ring (bicyclic) bond motifs is 1. The van der Waals surface area contributed by atoms with Gasteiger partial charge in [-0.15, -0.1) is 0 Å². The van der Waals surface area contributed by atoms with Crippen molar-refractivity contribution in [3.63, 3.8) is 0 Å². The van der Waals surface area contributed by atoms with Gasteiger partial charge in [-0.2, -0.15) is 0 Å². The summed E-state index contributed by atoms with van der Waals surface area (Å²) in [6, 6.07) is 4.95. The molecule has 1 amide bonds. The zero-order valence-electron chi connectivity index (χ0n) is 14.0. The Balaban J connectivity index is 2.25. The van der Waals surface area contributed by atoms with Gasteiger partial charge in [-0.3, -0.25) is 13.9 Å². The molecule has 0 aromatic heterocycles. The van der Waals surface area contributed by atoms with Crippen LogP contribution < -0.4 is 4.31 Å². The van der Waals surface area contributed by atoms with E-state index in [0.717, 1.165) is 5.56 Å². The Morgan fingerprint density at radius 1 is 1.38 bits per heavy atom. The number of carbonyl (C=O) groups excluding carboxylic acids is 1. The van der Waals surface area contributed by atoms with Crippen molar-refractivity contribution in [3.05, 3.63) is 29.3 Å². The standard InChI is InChI=1S/C16H22N2O5S/c1-11(16(20)21)10-17(2)15(19)13-6-7-14-12(9-13)5-4-8-18(14)24(3,22)23/h6-7,9,11H,4-5,8,10H2,1-3H3,(H,20,21)/t11-/m0/s1. The molecule has 1 aliphatic heterocycles. The second-order valence-corrected chi connectivity index (χ2v) is 8.11. The van der Waals surface area contributed by atoms with Gasteiger partial charge in [0.25, 0.3) is 5.91 Å². The molecular formula is C16H22N2O5S. The molecule has 1 aliphatic rings. The maximum Gasteiger partial charge on any atom is 0.308 e. The van der Waals surface area contributed by atoms with Gasteiger partial charge in [-0.1, -0.05) is 6.92 Å². The second kappa shape index (κ2) is 6.80. The first-order chi connectivity index (χ1) is 11.1. The molecule has 1 atom stereocenters. The lowest BCUT2D eigenvalue weighted by atomic mass is 10.00. The second-order valence-electron chi connectivity index (χ2n) is 6.21. The molecule has 1 heterocycles. The van der Waals surface area contributed by atoms with Gasteiger partial charge in [0.05, 0.1) is 17.9 Å². The minimum absolute atomic E-state index is 0.112. The van der Waals surface area contributed by atoms with E-state index in [9.17, 15) is 18.0 Å². The molecule has 1 aromatic rings. The first-order valence-electron chi connectivity index (χ1n) is 7.70. The minimum atomic E-state index is -3.34. The predicted octanol–water partition coefficient (Wildman–Crippen LogP) is 1.19. The van der Waals surface area contributed by atoms with Gasteiger partial charge in [-0.25, -0.2) is 8.42 Å². The number of amides is 1. The van der Waals surface area contributed by atoms with E-state index < -0.39 is 21.9 Å². The fourth-order valence-corrected chi connectivity index (χ4v) is 3.83. The highest BCUT2D eigenvalue weighted by Crippen LogP contribution is 2.30. The maximum atomic E-state index is 12.5. The fraction of sp³-hybridized carbons (Fsp3) is 0.500. The van der Waals surface area contributed by atoms with E-state index in [0.29, 0.717) is 30.6 Å². The molecule has 0 unspecified atom stereocenters. The minimum Gasteiger partial charge on any atom is -0.481 e. The molecule has 8 heteroatoms. The lowest BCUT2D eigenvalue weighted by Gasteiger charge is -2.29. The molecular weight excluding hydrogens is 332 g/mol. The van der Waals surface area contributed by atoms with Crippen molar-refractivity contribution in [1.82, 2.24) is 4.90 Å². The van der Waals surface area contributed by atoms with E-state index in [1.165, 1.54) is 15.5 Å². The summed E-state index contributed by atoms with van der Waals surface area (Å²) in [5, 5.41) is 8.95. The number of benzene rings is 1. The van der Waals surface area contributed by atoms with Crippen LogP contribution in [-0.2, 0) is 21.2 Å². The van der Waals surface area contributed by atoms with Crippen LogP contribution in [0.15, 0.2) is 18.2 Å². The molecule has 0 spiro atoms. The van der Waals surface area contributed by atoms with Crippen LogP contribution >= 0.6 is 0 Å². The normalized spacial score (nSPS) is 15.5. The summed E-state index contributed by atoms with van der Waals surface area (Å²) in [5.74, 6) is -1.89. The van der Waals surface area contributed by atoms with Gasteiger partial charge in [0, 0.05) is 25.7 Å². The molecule has 0 aliphatic carbocycles. The maximum absolute atomic E-state index is 12.5. The number of rotatable bonds is 5. The average molecular weight is 354 g/mol. The van der Waals surface area contributed by atoms with Gasteiger partial charge in [0.15, 0.2) is 0 Å². The third-order valence-corrected chi connectivity index (χ3v) is 5.30. The van der Waals surface area contributed by atoms with E-state index in [-0.39, 0.29) is 12.5 Å². The number of carbonyl (C=O) groups is 2. The van der Waals surface area contributed by atoms with Gasteiger partial charge in [-0.05, 0) is 36.6 Å². The Bertz CT molecular complexity index is 760. The smallest absolute Gasteiger partial charge is 0.308 e. The third kappa shape index (κ3) is 3.87. The molecule has 24 heavy (non-hydrogen) atoms. The summed E-state index contributed by atoms with van der Waals surface area (Å²) in [6.45, 7) is 2.10. The number of hydrogen-bond acceptors (Lipinski definition) is 4. The molecule has 2 rings (SSSR count). The zero-order chi connectivity index (χ0) is 18.1. The molecule has 1 N–H and O–H groups in total. The van der Waals surface area contributed by atoms with E-state index in [2.05, 4.69) is 0 Å². The Morgan fingerprint density at radius 2 is 2.04 bits per heavy atom. The molecule has 0 saturated carbocycles. The largest absolute Gasteiger partial charge is 0.481 e. The zero-order valence-corrected chi connectivity index (χ0v) is 14.8. The first kappa shape index (κ1) is 18.3. The number of carboxylic acid groups (broad SMARTS) is 1.